The lowest BCUT2D eigenvalue weighted by Gasteiger charge is -2.36. The van der Waals surface area contributed by atoms with Crippen LogP contribution < -0.4 is 0 Å². The van der Waals surface area contributed by atoms with Crippen molar-refractivity contribution in [3.05, 3.63) is 60.1 Å². The first-order valence-electron chi connectivity index (χ1n) is 9.93. The number of furan rings is 1. The Morgan fingerprint density at radius 3 is 2.21 bits per heavy atom. The third kappa shape index (κ3) is 3.77. The van der Waals surface area contributed by atoms with Crippen LogP contribution in [0.25, 0.3) is 0 Å². The van der Waals surface area contributed by atoms with Crippen LogP contribution in [-0.2, 0) is 16.1 Å². The molecule has 0 N–H and O–H groups in total. The second-order valence-electron chi connectivity index (χ2n) is 7.79. The summed E-state index contributed by atoms with van der Waals surface area (Å²) in [4.78, 5) is 43.6. The van der Waals surface area contributed by atoms with Crippen molar-refractivity contribution in [1.82, 2.24) is 14.7 Å². The lowest BCUT2D eigenvalue weighted by molar-refractivity contribution is -0.150. The van der Waals surface area contributed by atoms with E-state index in [4.69, 9.17) is 4.42 Å². The highest BCUT2D eigenvalue weighted by molar-refractivity contribution is 6.07. The van der Waals surface area contributed by atoms with E-state index in [0.717, 1.165) is 5.56 Å². The second-order valence-corrected chi connectivity index (χ2v) is 7.79. The first-order valence-corrected chi connectivity index (χ1v) is 9.93. The Hall–Kier alpha value is -3.09. The predicted octanol–water partition coefficient (Wildman–Crippen LogP) is 2.00. The number of piperazine rings is 1. The maximum Gasteiger partial charge on any atom is 0.289 e. The molecular weight excluding hydrogens is 370 g/mol. The quantitative estimate of drug-likeness (QED) is 0.726. The molecule has 0 bridgehead atoms. The number of hydrogen-bond acceptors (Lipinski definition) is 4. The Labute approximate surface area is 169 Å². The van der Waals surface area contributed by atoms with Crippen LogP contribution in [0.3, 0.4) is 0 Å². The lowest BCUT2D eigenvalue weighted by atomic mass is 10.0. The summed E-state index contributed by atoms with van der Waals surface area (Å²) in [6.07, 6.45) is 2.66. The fraction of sp³-hybridized carbons (Fsp3) is 0.409. The van der Waals surface area contributed by atoms with Crippen LogP contribution >= 0.6 is 0 Å². The molecule has 1 saturated heterocycles. The van der Waals surface area contributed by atoms with E-state index in [9.17, 15) is 14.4 Å². The third-order valence-electron chi connectivity index (χ3n) is 5.76. The summed E-state index contributed by atoms with van der Waals surface area (Å²) in [6.45, 7) is 2.23. The molecule has 2 aliphatic rings. The number of amides is 3. The van der Waals surface area contributed by atoms with Crippen LogP contribution in [0.1, 0.15) is 29.0 Å². The molecule has 3 amide bonds. The summed E-state index contributed by atoms with van der Waals surface area (Å²) in [5, 5.41) is 0. The van der Waals surface area contributed by atoms with Gasteiger partial charge in [-0.25, -0.2) is 0 Å². The van der Waals surface area contributed by atoms with E-state index in [1.54, 1.807) is 33.9 Å². The van der Waals surface area contributed by atoms with E-state index in [-0.39, 0.29) is 17.7 Å². The highest BCUT2D eigenvalue weighted by Crippen LogP contribution is 2.49. The number of nitrogens with zero attached hydrogens (tertiary/aromatic N) is 3. The van der Waals surface area contributed by atoms with Crippen LogP contribution in [0.4, 0.5) is 0 Å². The van der Waals surface area contributed by atoms with E-state index in [2.05, 4.69) is 0 Å². The fourth-order valence-corrected chi connectivity index (χ4v) is 3.91. The molecule has 7 heteroatoms. The van der Waals surface area contributed by atoms with Crippen molar-refractivity contribution in [3.8, 4) is 0 Å². The van der Waals surface area contributed by atoms with Gasteiger partial charge in [0, 0.05) is 39.8 Å². The molecule has 2 fully saturated rings. The van der Waals surface area contributed by atoms with E-state index in [1.807, 2.05) is 30.3 Å². The molecule has 2 heterocycles. The Bertz CT molecular complexity index is 882. The Morgan fingerprint density at radius 2 is 1.62 bits per heavy atom. The van der Waals surface area contributed by atoms with Gasteiger partial charge in [-0.05, 0) is 30.5 Å². The van der Waals surface area contributed by atoms with Crippen molar-refractivity contribution in [1.29, 1.82) is 0 Å². The predicted molar refractivity (Wildman–Crippen MR) is 106 cm³/mol. The lowest BCUT2D eigenvalue weighted by Crippen LogP contribution is -2.54. The molecule has 1 aromatic carbocycles. The second kappa shape index (κ2) is 7.73. The molecule has 2 aromatic rings. The van der Waals surface area contributed by atoms with Crippen LogP contribution in [0.2, 0.25) is 0 Å². The third-order valence-corrected chi connectivity index (χ3v) is 5.76. The molecule has 0 atom stereocenters. The van der Waals surface area contributed by atoms with Crippen LogP contribution in [-0.4, -0.2) is 65.6 Å². The first kappa shape index (κ1) is 19.2. The van der Waals surface area contributed by atoms with Gasteiger partial charge in [0.2, 0.25) is 11.8 Å². The van der Waals surface area contributed by atoms with Gasteiger partial charge in [-0.2, -0.15) is 0 Å². The minimum atomic E-state index is -0.920. The van der Waals surface area contributed by atoms with Gasteiger partial charge in [0.1, 0.15) is 5.41 Å². The maximum absolute atomic E-state index is 13.1. The normalized spacial score (nSPS) is 17.7. The van der Waals surface area contributed by atoms with Gasteiger partial charge >= 0.3 is 0 Å². The van der Waals surface area contributed by atoms with E-state index in [1.165, 1.54) is 6.26 Å². The molecule has 1 aliphatic carbocycles. The molecule has 152 valence electrons. The van der Waals surface area contributed by atoms with Crippen molar-refractivity contribution in [3.63, 3.8) is 0 Å². The van der Waals surface area contributed by atoms with E-state index < -0.39 is 5.41 Å². The van der Waals surface area contributed by atoms with Crippen LogP contribution in [0, 0.1) is 5.41 Å². The summed E-state index contributed by atoms with van der Waals surface area (Å²) >= 11 is 0. The molecular formula is C22H25N3O4. The van der Waals surface area contributed by atoms with Crippen LogP contribution in [0.5, 0.6) is 0 Å². The Morgan fingerprint density at radius 1 is 0.966 bits per heavy atom. The molecule has 4 rings (SSSR count). The molecule has 1 saturated carbocycles. The SMILES string of the molecule is CN(Cc1ccccc1)C(=O)C1(C(=O)N2CCN(C(=O)c3ccco3)CC2)CC1. The van der Waals surface area contributed by atoms with Crippen LogP contribution in [0.15, 0.2) is 53.1 Å². The number of carbonyl (C=O) groups excluding carboxylic acids is 3. The molecule has 0 spiro atoms. The highest BCUT2D eigenvalue weighted by Gasteiger charge is 2.59. The summed E-state index contributed by atoms with van der Waals surface area (Å²) in [7, 11) is 1.75. The minimum absolute atomic E-state index is 0.104. The van der Waals surface area contributed by atoms with E-state index in [0.29, 0.717) is 51.3 Å². The zero-order valence-corrected chi connectivity index (χ0v) is 16.5. The van der Waals surface area contributed by atoms with Gasteiger partial charge in [0.15, 0.2) is 5.76 Å². The molecule has 0 radical (unpaired) electrons. The van der Waals surface area contributed by atoms with Gasteiger partial charge in [-0.1, -0.05) is 30.3 Å². The van der Waals surface area contributed by atoms with Crippen molar-refractivity contribution >= 4 is 17.7 Å². The number of carbonyl (C=O) groups is 3. The van der Waals surface area contributed by atoms with E-state index >= 15 is 0 Å². The minimum Gasteiger partial charge on any atom is -0.459 e. The Kier molecular flexibility index (Phi) is 5.13. The summed E-state index contributed by atoms with van der Waals surface area (Å²) in [5.74, 6) is -0.0731. The van der Waals surface area contributed by atoms with Gasteiger partial charge in [-0.3, -0.25) is 14.4 Å². The zero-order chi connectivity index (χ0) is 20.4. The summed E-state index contributed by atoms with van der Waals surface area (Å²) in [6, 6.07) is 13.1. The number of rotatable bonds is 5. The van der Waals surface area contributed by atoms with Crippen molar-refractivity contribution in [2.75, 3.05) is 33.2 Å². The van der Waals surface area contributed by atoms with Crippen molar-refractivity contribution in [2.24, 2.45) is 5.41 Å². The van der Waals surface area contributed by atoms with Gasteiger partial charge in [-0.15, -0.1) is 0 Å². The largest absolute Gasteiger partial charge is 0.459 e. The Balaban J connectivity index is 1.35. The van der Waals surface area contributed by atoms with Gasteiger partial charge in [0.25, 0.3) is 5.91 Å². The standard InChI is InChI=1S/C22H25N3O4/c1-23(16-17-6-3-2-4-7-17)20(27)22(9-10-22)21(28)25-13-11-24(12-14-25)19(26)18-8-5-15-29-18/h2-8,15H,9-14,16H2,1H3. The summed E-state index contributed by atoms with van der Waals surface area (Å²) in [5.41, 5.74) is 0.119. The molecule has 0 unspecified atom stereocenters. The molecule has 1 aliphatic heterocycles. The molecule has 7 nitrogen and oxygen atoms in total. The van der Waals surface area contributed by atoms with Gasteiger partial charge in [0.05, 0.1) is 6.26 Å². The number of benzene rings is 1. The molecule has 29 heavy (non-hydrogen) atoms. The molecule has 1 aromatic heterocycles. The number of hydrogen-bond donors (Lipinski definition) is 0. The van der Waals surface area contributed by atoms with Crippen molar-refractivity contribution < 1.29 is 18.8 Å². The zero-order valence-electron chi connectivity index (χ0n) is 16.5. The van der Waals surface area contributed by atoms with Gasteiger partial charge < -0.3 is 19.1 Å². The first-order chi connectivity index (χ1) is 14.0. The average molecular weight is 395 g/mol. The summed E-state index contributed by atoms with van der Waals surface area (Å²) < 4.78 is 5.17. The topological polar surface area (TPSA) is 74.1 Å². The van der Waals surface area contributed by atoms with Crippen molar-refractivity contribution in [2.45, 2.75) is 19.4 Å². The average Bonchev–Trinajstić information content (AvgIpc) is 3.38. The smallest absolute Gasteiger partial charge is 0.289 e. The fourth-order valence-electron chi connectivity index (χ4n) is 3.91. The highest BCUT2D eigenvalue weighted by atomic mass is 16.3. The maximum atomic E-state index is 13.1. The monoisotopic (exact) mass is 395 g/mol.